The molecule has 0 aromatic heterocycles. The monoisotopic (exact) mass is 548 g/mol. The maximum atomic E-state index is 13.8. The summed E-state index contributed by atoms with van der Waals surface area (Å²) in [5.74, 6) is -1.83. The van der Waals surface area contributed by atoms with E-state index in [1.165, 1.54) is 18.2 Å². The average molecular weight is 549 g/mol. The molecule has 3 N–H and O–H groups in total. The van der Waals surface area contributed by atoms with E-state index in [4.69, 9.17) is 0 Å². The third-order valence-corrected chi connectivity index (χ3v) is 8.72. The number of carbonyl (C=O) groups excluding carboxylic acids is 1. The van der Waals surface area contributed by atoms with E-state index >= 15 is 0 Å². The van der Waals surface area contributed by atoms with Crippen molar-refractivity contribution in [2.24, 2.45) is 10.3 Å². The van der Waals surface area contributed by atoms with E-state index in [-0.39, 0.29) is 57.8 Å². The predicted molar refractivity (Wildman–Crippen MR) is 136 cm³/mol. The summed E-state index contributed by atoms with van der Waals surface area (Å²) in [4.78, 5) is 15.0. The second-order valence-electron chi connectivity index (χ2n) is 9.51. The molecular formula is C24H25FN4O6S2. The van der Waals surface area contributed by atoms with Gasteiger partial charge in [0.15, 0.2) is 5.84 Å². The van der Waals surface area contributed by atoms with Crippen molar-refractivity contribution in [1.29, 1.82) is 0 Å². The summed E-state index contributed by atoms with van der Waals surface area (Å²) in [6.07, 6.45) is 3.00. The van der Waals surface area contributed by atoms with E-state index in [1.54, 1.807) is 24.0 Å². The van der Waals surface area contributed by atoms with Crippen LogP contribution in [-0.2, 0) is 31.4 Å². The molecule has 3 aliphatic rings. The number of benzene rings is 2. The lowest BCUT2D eigenvalue weighted by Crippen LogP contribution is -2.49. The quantitative estimate of drug-likeness (QED) is 0.521. The fourth-order valence-corrected chi connectivity index (χ4v) is 6.88. The Morgan fingerprint density at radius 2 is 1.97 bits per heavy atom. The van der Waals surface area contributed by atoms with Crippen LogP contribution in [0.4, 0.5) is 15.8 Å². The SMILES string of the molecule is Cc1cc(CN2C(=O)C(C3=NS(=O)(=O)c4cc(NS(C)(=O)=O)ccc4N3)=C(O)[C@@H]3CCC[C@@H]32)ccc1F. The number of nitrogens with zero attached hydrogens (tertiary/aromatic N) is 2. The Labute approximate surface area is 214 Å². The predicted octanol–water partition coefficient (Wildman–Crippen LogP) is 3.04. The van der Waals surface area contributed by atoms with E-state index in [9.17, 15) is 31.1 Å². The summed E-state index contributed by atoms with van der Waals surface area (Å²) in [6, 6.07) is 8.17. The molecule has 0 spiro atoms. The Kier molecular flexibility index (Phi) is 6.02. The van der Waals surface area contributed by atoms with Gasteiger partial charge in [-0.2, -0.15) is 8.42 Å². The highest BCUT2D eigenvalue weighted by atomic mass is 32.2. The van der Waals surface area contributed by atoms with Crippen molar-refractivity contribution in [3.05, 3.63) is 64.7 Å². The number of fused-ring (bicyclic) bond motifs is 2. The summed E-state index contributed by atoms with van der Waals surface area (Å²) in [5.41, 5.74) is 1.05. The van der Waals surface area contributed by atoms with Gasteiger partial charge in [0.2, 0.25) is 10.0 Å². The maximum Gasteiger partial charge on any atom is 0.286 e. The maximum absolute atomic E-state index is 13.8. The minimum Gasteiger partial charge on any atom is -0.511 e. The second-order valence-corrected chi connectivity index (χ2v) is 12.8. The molecule has 37 heavy (non-hydrogen) atoms. The van der Waals surface area contributed by atoms with Gasteiger partial charge in [-0.05, 0) is 55.2 Å². The number of anilines is 2. The minimum absolute atomic E-state index is 0.0376. The minimum atomic E-state index is -4.34. The largest absolute Gasteiger partial charge is 0.511 e. The standard InChI is InChI=1S/C24H25FN4O6S2/c1-13-10-14(6-8-17(13)25)12-29-19-5-3-4-16(19)22(30)21(24(29)31)23-26-18-9-7-15(27-36(2,32)33)11-20(18)37(34,35)28-23/h6-11,16,19,27,30H,3-5,12H2,1-2H3,(H,26,28)/t16-,19+/m1/s1. The highest BCUT2D eigenvalue weighted by molar-refractivity contribution is 7.92. The number of hydrogen-bond donors (Lipinski definition) is 3. The Bertz CT molecular complexity index is 1600. The summed E-state index contributed by atoms with van der Waals surface area (Å²) in [7, 11) is -7.98. The van der Waals surface area contributed by atoms with E-state index in [2.05, 4.69) is 14.4 Å². The molecule has 0 bridgehead atoms. The van der Waals surface area contributed by atoms with Gasteiger partial charge in [0, 0.05) is 24.2 Å². The van der Waals surface area contributed by atoms with Crippen LogP contribution in [0.15, 0.2) is 57.0 Å². The molecule has 2 atom stereocenters. The number of nitrogens with one attached hydrogen (secondary N) is 2. The van der Waals surface area contributed by atoms with Crippen LogP contribution in [0.25, 0.3) is 0 Å². The van der Waals surface area contributed by atoms with Crippen molar-refractivity contribution in [1.82, 2.24) is 4.90 Å². The Balaban J connectivity index is 1.53. The lowest BCUT2D eigenvalue weighted by molar-refractivity contribution is -0.132. The number of carbonyl (C=O) groups is 1. The van der Waals surface area contributed by atoms with Crippen LogP contribution in [-0.4, -0.2) is 50.9 Å². The number of halogens is 1. The van der Waals surface area contributed by atoms with E-state index < -0.39 is 26.0 Å². The fraction of sp³-hybridized carbons (Fsp3) is 0.333. The highest BCUT2D eigenvalue weighted by Gasteiger charge is 2.46. The first-order valence-corrected chi connectivity index (χ1v) is 14.9. The third kappa shape index (κ3) is 4.68. The second kappa shape index (κ2) is 8.84. The Morgan fingerprint density at radius 3 is 2.68 bits per heavy atom. The highest BCUT2D eigenvalue weighted by Crippen LogP contribution is 2.42. The van der Waals surface area contributed by atoms with Crippen LogP contribution in [0.5, 0.6) is 0 Å². The number of aryl methyl sites for hydroxylation is 1. The first-order chi connectivity index (χ1) is 17.3. The number of amides is 1. The molecule has 10 nitrogen and oxygen atoms in total. The van der Waals surface area contributed by atoms with Gasteiger partial charge in [0.05, 0.1) is 11.9 Å². The zero-order chi connectivity index (χ0) is 26.7. The summed E-state index contributed by atoms with van der Waals surface area (Å²) in [5, 5.41) is 13.9. The van der Waals surface area contributed by atoms with Gasteiger partial charge in [0.25, 0.3) is 15.9 Å². The van der Waals surface area contributed by atoms with Gasteiger partial charge in [-0.3, -0.25) is 9.52 Å². The van der Waals surface area contributed by atoms with Crippen molar-refractivity contribution >= 4 is 43.2 Å². The lowest BCUT2D eigenvalue weighted by atomic mass is 9.89. The molecule has 1 fully saturated rings. The molecule has 13 heteroatoms. The molecule has 5 rings (SSSR count). The molecule has 196 valence electrons. The van der Waals surface area contributed by atoms with Gasteiger partial charge >= 0.3 is 0 Å². The van der Waals surface area contributed by atoms with Crippen molar-refractivity contribution in [3.8, 4) is 0 Å². The van der Waals surface area contributed by atoms with Crippen molar-refractivity contribution in [2.75, 3.05) is 16.3 Å². The third-order valence-electron chi connectivity index (χ3n) is 6.80. The van der Waals surface area contributed by atoms with Gasteiger partial charge < -0.3 is 15.3 Å². The molecule has 2 aromatic rings. The number of aliphatic hydroxyl groups is 1. The van der Waals surface area contributed by atoms with Gasteiger partial charge in [0.1, 0.15) is 22.0 Å². The molecule has 1 aliphatic carbocycles. The number of aliphatic hydroxyl groups excluding tert-OH is 1. The molecule has 2 aromatic carbocycles. The molecule has 2 heterocycles. The summed E-state index contributed by atoms with van der Waals surface area (Å²) in [6.45, 7) is 1.79. The summed E-state index contributed by atoms with van der Waals surface area (Å²) >= 11 is 0. The van der Waals surface area contributed by atoms with Crippen LogP contribution in [0.3, 0.4) is 0 Å². The molecule has 0 saturated heterocycles. The number of rotatable bonds is 5. The van der Waals surface area contributed by atoms with Crippen LogP contribution < -0.4 is 10.0 Å². The molecule has 0 radical (unpaired) electrons. The molecule has 1 amide bonds. The van der Waals surface area contributed by atoms with E-state index in [1.807, 2.05) is 0 Å². The first-order valence-electron chi connectivity index (χ1n) is 11.6. The normalized spacial score (nSPS) is 22.7. The van der Waals surface area contributed by atoms with Gasteiger partial charge in [-0.1, -0.05) is 18.6 Å². The first kappa shape index (κ1) is 25.2. The van der Waals surface area contributed by atoms with Crippen LogP contribution in [0, 0.1) is 18.7 Å². The van der Waals surface area contributed by atoms with Crippen molar-refractivity contribution < 1.29 is 31.1 Å². The van der Waals surface area contributed by atoms with E-state index in [0.29, 0.717) is 24.0 Å². The summed E-state index contributed by atoms with van der Waals surface area (Å²) < 4.78 is 69.0. The molecular weight excluding hydrogens is 523 g/mol. The number of amidine groups is 1. The molecule has 2 aliphatic heterocycles. The van der Waals surface area contributed by atoms with Crippen molar-refractivity contribution in [2.45, 2.75) is 43.7 Å². The zero-order valence-corrected chi connectivity index (χ0v) is 21.7. The molecule has 1 saturated carbocycles. The Morgan fingerprint density at radius 1 is 1.22 bits per heavy atom. The topological polar surface area (TPSA) is 145 Å². The lowest BCUT2D eigenvalue weighted by Gasteiger charge is -2.39. The van der Waals surface area contributed by atoms with Crippen LogP contribution in [0.2, 0.25) is 0 Å². The smallest absolute Gasteiger partial charge is 0.286 e. The van der Waals surface area contributed by atoms with E-state index in [0.717, 1.165) is 18.7 Å². The number of hydrogen-bond acceptors (Lipinski definition) is 7. The number of sulfonamides is 2. The fourth-order valence-electron chi connectivity index (χ4n) is 5.18. The molecule has 0 unspecified atom stereocenters. The Hall–Kier alpha value is -3.45. The van der Waals surface area contributed by atoms with Crippen LogP contribution in [0.1, 0.15) is 30.4 Å². The zero-order valence-electron chi connectivity index (χ0n) is 20.0. The average Bonchev–Trinajstić information content (AvgIpc) is 3.28. The van der Waals surface area contributed by atoms with Crippen molar-refractivity contribution in [3.63, 3.8) is 0 Å². The van der Waals surface area contributed by atoms with Gasteiger partial charge in [-0.25, -0.2) is 12.8 Å². The van der Waals surface area contributed by atoms with Gasteiger partial charge in [-0.15, -0.1) is 4.40 Å². The van der Waals surface area contributed by atoms with Crippen LogP contribution >= 0.6 is 0 Å².